The summed E-state index contributed by atoms with van der Waals surface area (Å²) in [5.74, 6) is 2.25. The molecular formula is C23H37N3O. The molecule has 2 saturated carbocycles. The Morgan fingerprint density at radius 3 is 2.44 bits per heavy atom. The normalized spacial score (nSPS) is 25.9. The Morgan fingerprint density at radius 1 is 1.07 bits per heavy atom. The van der Waals surface area contributed by atoms with Crippen LogP contribution in [0.15, 0.2) is 0 Å². The van der Waals surface area contributed by atoms with E-state index in [9.17, 15) is 4.79 Å². The number of aryl methyl sites for hydroxylation is 1. The molecule has 0 aliphatic heterocycles. The number of aromatic nitrogens is 2. The van der Waals surface area contributed by atoms with Crippen molar-refractivity contribution in [2.45, 2.75) is 97.1 Å². The van der Waals surface area contributed by atoms with Crippen molar-refractivity contribution in [3.63, 3.8) is 0 Å². The van der Waals surface area contributed by atoms with Crippen LogP contribution in [0.2, 0.25) is 0 Å². The van der Waals surface area contributed by atoms with Gasteiger partial charge in [0.25, 0.3) is 0 Å². The third-order valence-corrected chi connectivity index (χ3v) is 7.63. The van der Waals surface area contributed by atoms with Crippen molar-refractivity contribution in [2.24, 2.45) is 24.8 Å². The van der Waals surface area contributed by atoms with Crippen LogP contribution in [-0.4, -0.2) is 26.6 Å². The molecular weight excluding hydrogens is 334 g/mol. The molecule has 2 fully saturated rings. The summed E-state index contributed by atoms with van der Waals surface area (Å²) in [6.45, 7) is 5.41. The van der Waals surface area contributed by atoms with E-state index in [0.29, 0.717) is 11.9 Å². The average Bonchev–Trinajstić information content (AvgIpc) is 3.40. The molecule has 0 saturated heterocycles. The molecule has 0 radical (unpaired) electrons. The maximum absolute atomic E-state index is 13.6. The van der Waals surface area contributed by atoms with Gasteiger partial charge in [0.2, 0.25) is 5.91 Å². The fraction of sp³-hybridized carbons (Fsp3) is 0.826. The van der Waals surface area contributed by atoms with Crippen molar-refractivity contribution in [3.8, 4) is 0 Å². The molecule has 1 aromatic heterocycles. The zero-order valence-corrected chi connectivity index (χ0v) is 17.5. The zero-order valence-electron chi connectivity index (χ0n) is 17.5. The lowest BCUT2D eigenvalue weighted by Crippen LogP contribution is -2.43. The second-order valence-electron chi connectivity index (χ2n) is 9.61. The van der Waals surface area contributed by atoms with Gasteiger partial charge in [-0.15, -0.1) is 0 Å². The molecule has 0 N–H and O–H groups in total. The van der Waals surface area contributed by atoms with E-state index in [2.05, 4.69) is 30.5 Å². The summed E-state index contributed by atoms with van der Waals surface area (Å²) >= 11 is 0. The van der Waals surface area contributed by atoms with Gasteiger partial charge in [-0.1, -0.05) is 26.7 Å². The minimum atomic E-state index is 0.248. The fourth-order valence-electron chi connectivity index (χ4n) is 5.86. The Labute approximate surface area is 164 Å². The smallest absolute Gasteiger partial charge is 0.226 e. The lowest BCUT2D eigenvalue weighted by Gasteiger charge is -2.36. The maximum Gasteiger partial charge on any atom is 0.226 e. The van der Waals surface area contributed by atoms with Crippen molar-refractivity contribution in [3.05, 3.63) is 17.0 Å². The van der Waals surface area contributed by atoms with Gasteiger partial charge in [0, 0.05) is 24.7 Å². The highest BCUT2D eigenvalue weighted by molar-refractivity contribution is 5.79. The molecule has 1 aromatic rings. The summed E-state index contributed by atoms with van der Waals surface area (Å²) < 4.78 is 2.07. The first kappa shape index (κ1) is 19.0. The van der Waals surface area contributed by atoms with Gasteiger partial charge in [0.05, 0.1) is 12.2 Å². The van der Waals surface area contributed by atoms with Crippen molar-refractivity contribution < 1.29 is 4.79 Å². The van der Waals surface area contributed by atoms with Crippen LogP contribution in [0.25, 0.3) is 0 Å². The van der Waals surface area contributed by atoms with Gasteiger partial charge in [-0.25, -0.2) is 0 Å². The van der Waals surface area contributed by atoms with Crippen LogP contribution in [0.5, 0.6) is 0 Å². The number of carbonyl (C=O) groups is 1. The summed E-state index contributed by atoms with van der Waals surface area (Å²) in [6.07, 6.45) is 13.1. The number of nitrogens with zero attached hydrogens (tertiary/aromatic N) is 3. The molecule has 0 aromatic carbocycles. The minimum Gasteiger partial charge on any atom is -0.333 e. The molecule has 3 aliphatic rings. The van der Waals surface area contributed by atoms with Crippen LogP contribution in [0.3, 0.4) is 0 Å². The van der Waals surface area contributed by atoms with Crippen LogP contribution in [-0.2, 0) is 31.2 Å². The first-order chi connectivity index (χ1) is 13.0. The number of hydrogen-bond acceptors (Lipinski definition) is 2. The quantitative estimate of drug-likeness (QED) is 0.756. The minimum absolute atomic E-state index is 0.248. The van der Waals surface area contributed by atoms with Gasteiger partial charge in [-0.2, -0.15) is 5.10 Å². The van der Waals surface area contributed by atoms with Gasteiger partial charge >= 0.3 is 0 Å². The van der Waals surface area contributed by atoms with Gasteiger partial charge in [0.1, 0.15) is 0 Å². The highest BCUT2D eigenvalue weighted by atomic mass is 16.2. The molecule has 0 unspecified atom stereocenters. The van der Waals surface area contributed by atoms with E-state index >= 15 is 0 Å². The third-order valence-electron chi connectivity index (χ3n) is 7.63. The molecule has 1 amide bonds. The van der Waals surface area contributed by atoms with Gasteiger partial charge in [-0.05, 0) is 75.2 Å². The van der Waals surface area contributed by atoms with Crippen LogP contribution in [0.1, 0.15) is 88.6 Å². The molecule has 0 bridgehead atoms. The Hall–Kier alpha value is -1.32. The van der Waals surface area contributed by atoms with E-state index in [1.165, 1.54) is 61.9 Å². The van der Waals surface area contributed by atoms with E-state index in [4.69, 9.17) is 5.10 Å². The summed E-state index contributed by atoms with van der Waals surface area (Å²) in [5, 5.41) is 4.83. The Bertz CT molecular complexity index is 663. The van der Waals surface area contributed by atoms with Crippen LogP contribution >= 0.6 is 0 Å². The Morgan fingerprint density at radius 2 is 1.78 bits per heavy atom. The molecule has 4 heteroatoms. The summed E-state index contributed by atoms with van der Waals surface area (Å²) in [5.41, 5.74) is 4.03. The number of fused-ring (bicyclic) bond motifs is 1. The fourth-order valence-corrected chi connectivity index (χ4v) is 5.86. The molecule has 150 valence electrons. The monoisotopic (exact) mass is 371 g/mol. The first-order valence-corrected chi connectivity index (χ1v) is 11.4. The van der Waals surface area contributed by atoms with Crippen molar-refractivity contribution in [2.75, 3.05) is 0 Å². The van der Waals surface area contributed by atoms with Crippen LogP contribution < -0.4 is 0 Å². The number of hydrogen-bond donors (Lipinski definition) is 0. The summed E-state index contributed by atoms with van der Waals surface area (Å²) in [7, 11) is 2.07. The summed E-state index contributed by atoms with van der Waals surface area (Å²) in [4.78, 5) is 15.8. The van der Waals surface area contributed by atoms with E-state index in [1.54, 1.807) is 0 Å². The van der Waals surface area contributed by atoms with Gasteiger partial charge in [0.15, 0.2) is 0 Å². The summed E-state index contributed by atoms with van der Waals surface area (Å²) in [6, 6.07) is 0.444. The predicted molar refractivity (Wildman–Crippen MR) is 108 cm³/mol. The van der Waals surface area contributed by atoms with Crippen LogP contribution in [0.4, 0.5) is 0 Å². The molecule has 3 aliphatic carbocycles. The van der Waals surface area contributed by atoms with Crippen molar-refractivity contribution in [1.82, 2.24) is 14.7 Å². The first-order valence-electron chi connectivity index (χ1n) is 11.4. The SMILES string of the molecule is CC(C)C1CCC(C(=O)N(Cc2nn(C)c3c2CCC3)C2CCCC2)CC1. The van der Waals surface area contributed by atoms with E-state index < -0.39 is 0 Å². The Balaban J connectivity index is 1.50. The Kier molecular flexibility index (Phi) is 5.61. The topological polar surface area (TPSA) is 38.1 Å². The second kappa shape index (κ2) is 7.97. The highest BCUT2D eigenvalue weighted by Crippen LogP contribution is 2.36. The van der Waals surface area contributed by atoms with E-state index in [-0.39, 0.29) is 5.92 Å². The zero-order chi connectivity index (χ0) is 19.0. The van der Waals surface area contributed by atoms with Gasteiger partial charge in [-0.3, -0.25) is 9.48 Å². The lowest BCUT2D eigenvalue weighted by atomic mass is 9.76. The van der Waals surface area contributed by atoms with Gasteiger partial charge < -0.3 is 4.90 Å². The lowest BCUT2D eigenvalue weighted by molar-refractivity contribution is -0.140. The molecule has 4 rings (SSSR count). The highest BCUT2D eigenvalue weighted by Gasteiger charge is 2.35. The largest absolute Gasteiger partial charge is 0.333 e. The molecule has 1 heterocycles. The van der Waals surface area contributed by atoms with E-state index in [0.717, 1.165) is 44.1 Å². The number of amides is 1. The predicted octanol–water partition coefficient (Wildman–Crippen LogP) is 4.64. The second-order valence-corrected chi connectivity index (χ2v) is 9.61. The maximum atomic E-state index is 13.6. The molecule has 0 atom stereocenters. The average molecular weight is 372 g/mol. The van der Waals surface area contributed by atoms with Crippen molar-refractivity contribution >= 4 is 5.91 Å². The molecule has 0 spiro atoms. The number of rotatable bonds is 5. The van der Waals surface area contributed by atoms with E-state index in [1.807, 2.05) is 0 Å². The number of carbonyl (C=O) groups excluding carboxylic acids is 1. The standard InChI is InChI=1S/C23H37N3O/c1-16(2)17-11-13-18(14-12-17)23(27)26(19-7-4-5-8-19)15-21-20-9-6-10-22(20)25(3)24-21/h16-19H,4-15H2,1-3H3. The third kappa shape index (κ3) is 3.82. The molecule has 27 heavy (non-hydrogen) atoms. The van der Waals surface area contributed by atoms with Crippen LogP contribution in [0, 0.1) is 17.8 Å². The molecule has 4 nitrogen and oxygen atoms in total. The van der Waals surface area contributed by atoms with Crippen molar-refractivity contribution in [1.29, 1.82) is 0 Å².